The lowest BCUT2D eigenvalue weighted by Crippen LogP contribution is -2.31. The number of carbonyl (C=O) groups is 1. The van der Waals surface area contributed by atoms with E-state index in [1.54, 1.807) is 7.11 Å². The van der Waals surface area contributed by atoms with Crippen molar-refractivity contribution < 1.29 is 28.8 Å². The fourth-order valence-electron chi connectivity index (χ4n) is 3.99. The lowest BCUT2D eigenvalue weighted by Gasteiger charge is -2.33. The highest BCUT2D eigenvalue weighted by Gasteiger charge is 2.42. The largest absolute Gasteiger partial charge is 0.496 e. The molecule has 1 aliphatic carbocycles. The zero-order valence-corrected chi connectivity index (χ0v) is 14.8. The number of aromatic carboxylic acids is 1. The SMILES string of the molecule is COc1c2c(c(C(=O)O)c3c1[C@@H](OC)O[C@@H](OC)C3)CC(C)(C)C2. The third-order valence-electron chi connectivity index (χ3n) is 4.90. The van der Waals surface area contributed by atoms with Crippen molar-refractivity contribution in [1.29, 1.82) is 0 Å². The van der Waals surface area contributed by atoms with Gasteiger partial charge in [-0.1, -0.05) is 13.8 Å². The summed E-state index contributed by atoms with van der Waals surface area (Å²) in [6.45, 7) is 4.28. The minimum absolute atomic E-state index is 0.00611. The van der Waals surface area contributed by atoms with Gasteiger partial charge in [0, 0.05) is 20.6 Å². The minimum atomic E-state index is -0.922. The monoisotopic (exact) mass is 336 g/mol. The Balaban J connectivity index is 2.32. The van der Waals surface area contributed by atoms with Crippen molar-refractivity contribution in [2.45, 2.75) is 45.7 Å². The number of fused-ring (bicyclic) bond motifs is 2. The van der Waals surface area contributed by atoms with Gasteiger partial charge in [0.2, 0.25) is 0 Å². The molecule has 0 fully saturated rings. The topological polar surface area (TPSA) is 74.2 Å². The van der Waals surface area contributed by atoms with Crippen LogP contribution in [0.1, 0.15) is 52.7 Å². The first-order chi connectivity index (χ1) is 11.3. The Morgan fingerprint density at radius 3 is 2.33 bits per heavy atom. The first kappa shape index (κ1) is 17.2. The predicted molar refractivity (Wildman–Crippen MR) is 86.5 cm³/mol. The van der Waals surface area contributed by atoms with E-state index >= 15 is 0 Å². The summed E-state index contributed by atoms with van der Waals surface area (Å²) >= 11 is 0. The summed E-state index contributed by atoms with van der Waals surface area (Å²) in [4.78, 5) is 12.1. The van der Waals surface area contributed by atoms with E-state index < -0.39 is 18.5 Å². The molecular formula is C18H24O6. The molecule has 3 rings (SSSR count). The molecule has 1 aromatic rings. The highest BCUT2D eigenvalue weighted by atomic mass is 16.8. The second-order valence-electron chi connectivity index (χ2n) is 7.15. The fraction of sp³-hybridized carbons (Fsp3) is 0.611. The molecule has 6 nitrogen and oxygen atoms in total. The average molecular weight is 336 g/mol. The summed E-state index contributed by atoms with van der Waals surface area (Å²) in [7, 11) is 4.68. The Morgan fingerprint density at radius 2 is 1.79 bits per heavy atom. The number of ether oxygens (including phenoxy) is 4. The number of carboxylic acid groups (broad SMARTS) is 1. The Kier molecular flexibility index (Phi) is 4.32. The van der Waals surface area contributed by atoms with E-state index in [0.29, 0.717) is 35.3 Å². The van der Waals surface area contributed by atoms with Gasteiger partial charge in [-0.25, -0.2) is 4.79 Å². The quantitative estimate of drug-likeness (QED) is 0.911. The standard InChI is InChI=1S/C18H24O6/c1-18(2)7-10-11(8-18)15(22-4)14-9(13(10)16(19)20)6-12(21-3)24-17(14)23-5/h12,17H,6-8H2,1-5H3,(H,19,20)/t12-,17+/m1/s1. The van der Waals surface area contributed by atoms with Crippen LogP contribution in [0.4, 0.5) is 0 Å². The number of methoxy groups -OCH3 is 3. The van der Waals surface area contributed by atoms with E-state index in [1.807, 2.05) is 0 Å². The van der Waals surface area contributed by atoms with Crippen LogP contribution in [-0.2, 0) is 33.5 Å². The van der Waals surface area contributed by atoms with E-state index in [9.17, 15) is 9.90 Å². The van der Waals surface area contributed by atoms with Gasteiger partial charge in [0.1, 0.15) is 5.75 Å². The smallest absolute Gasteiger partial charge is 0.336 e. The molecular weight excluding hydrogens is 312 g/mol. The number of hydrogen-bond acceptors (Lipinski definition) is 5. The van der Waals surface area contributed by atoms with Crippen LogP contribution in [0.5, 0.6) is 5.75 Å². The number of benzene rings is 1. The lowest BCUT2D eigenvalue weighted by molar-refractivity contribution is -0.241. The molecule has 0 saturated carbocycles. The van der Waals surface area contributed by atoms with Crippen LogP contribution in [0.3, 0.4) is 0 Å². The van der Waals surface area contributed by atoms with Crippen molar-refractivity contribution in [1.82, 2.24) is 0 Å². The van der Waals surface area contributed by atoms with Gasteiger partial charge in [-0.2, -0.15) is 0 Å². The molecule has 2 atom stereocenters. The maximum absolute atomic E-state index is 12.1. The van der Waals surface area contributed by atoms with Gasteiger partial charge in [0.25, 0.3) is 0 Å². The van der Waals surface area contributed by atoms with Crippen LogP contribution in [0.2, 0.25) is 0 Å². The number of carboxylic acids is 1. The average Bonchev–Trinajstić information content (AvgIpc) is 2.84. The van der Waals surface area contributed by atoms with E-state index in [1.165, 1.54) is 14.2 Å². The Labute approximate surface area is 141 Å². The summed E-state index contributed by atoms with van der Waals surface area (Å²) in [5, 5.41) is 9.89. The molecule has 0 spiro atoms. The van der Waals surface area contributed by atoms with Crippen LogP contribution in [0, 0.1) is 5.41 Å². The van der Waals surface area contributed by atoms with Crippen LogP contribution < -0.4 is 4.74 Å². The molecule has 1 heterocycles. The molecule has 0 bridgehead atoms. The summed E-state index contributed by atoms with van der Waals surface area (Å²) < 4.78 is 22.2. The predicted octanol–water partition coefficient (Wildman–Crippen LogP) is 2.71. The molecule has 0 saturated heterocycles. The van der Waals surface area contributed by atoms with Crippen molar-refractivity contribution in [2.24, 2.45) is 5.41 Å². The van der Waals surface area contributed by atoms with Crippen molar-refractivity contribution >= 4 is 5.97 Å². The maximum atomic E-state index is 12.1. The minimum Gasteiger partial charge on any atom is -0.496 e. The van der Waals surface area contributed by atoms with E-state index in [2.05, 4.69) is 13.8 Å². The van der Waals surface area contributed by atoms with E-state index in [4.69, 9.17) is 18.9 Å². The highest BCUT2D eigenvalue weighted by molar-refractivity contribution is 5.93. The lowest BCUT2D eigenvalue weighted by atomic mass is 9.87. The van der Waals surface area contributed by atoms with E-state index in [0.717, 1.165) is 17.5 Å². The zero-order chi connectivity index (χ0) is 17.6. The van der Waals surface area contributed by atoms with Crippen LogP contribution in [0.15, 0.2) is 0 Å². The summed E-state index contributed by atoms with van der Waals surface area (Å²) in [5.41, 5.74) is 3.56. The molecule has 2 aliphatic rings. The molecule has 0 radical (unpaired) electrons. The Bertz CT molecular complexity index is 679. The first-order valence-electron chi connectivity index (χ1n) is 8.01. The molecule has 132 valence electrons. The normalized spacial score (nSPS) is 24.4. The fourth-order valence-corrected chi connectivity index (χ4v) is 3.99. The van der Waals surface area contributed by atoms with Gasteiger partial charge >= 0.3 is 5.97 Å². The zero-order valence-electron chi connectivity index (χ0n) is 14.8. The van der Waals surface area contributed by atoms with Crippen LogP contribution in [0.25, 0.3) is 0 Å². The third-order valence-corrected chi connectivity index (χ3v) is 4.90. The number of hydrogen-bond donors (Lipinski definition) is 1. The second kappa shape index (κ2) is 6.02. The van der Waals surface area contributed by atoms with E-state index in [-0.39, 0.29) is 5.41 Å². The molecule has 24 heavy (non-hydrogen) atoms. The molecule has 1 aromatic carbocycles. The third kappa shape index (κ3) is 2.59. The van der Waals surface area contributed by atoms with Crippen molar-refractivity contribution in [2.75, 3.05) is 21.3 Å². The van der Waals surface area contributed by atoms with Crippen LogP contribution >= 0.6 is 0 Å². The van der Waals surface area contributed by atoms with Crippen LogP contribution in [-0.4, -0.2) is 38.7 Å². The van der Waals surface area contributed by atoms with Gasteiger partial charge in [-0.05, 0) is 34.9 Å². The Hall–Kier alpha value is -1.63. The van der Waals surface area contributed by atoms with Gasteiger partial charge in [-0.3, -0.25) is 0 Å². The Morgan fingerprint density at radius 1 is 1.12 bits per heavy atom. The summed E-state index contributed by atoms with van der Waals surface area (Å²) in [5.74, 6) is -0.230. The summed E-state index contributed by atoms with van der Waals surface area (Å²) in [6, 6.07) is 0. The van der Waals surface area contributed by atoms with Gasteiger partial charge in [-0.15, -0.1) is 0 Å². The highest BCUT2D eigenvalue weighted by Crippen LogP contribution is 2.49. The van der Waals surface area contributed by atoms with Gasteiger partial charge in [0.05, 0.1) is 18.2 Å². The molecule has 6 heteroatoms. The maximum Gasteiger partial charge on any atom is 0.336 e. The van der Waals surface area contributed by atoms with Gasteiger partial charge in [0.15, 0.2) is 12.6 Å². The molecule has 0 unspecified atom stereocenters. The first-order valence-corrected chi connectivity index (χ1v) is 8.01. The molecule has 0 amide bonds. The van der Waals surface area contributed by atoms with Gasteiger partial charge < -0.3 is 24.1 Å². The molecule has 1 aliphatic heterocycles. The second-order valence-corrected chi connectivity index (χ2v) is 7.15. The van der Waals surface area contributed by atoms with Crippen molar-refractivity contribution in [3.63, 3.8) is 0 Å². The molecule has 1 N–H and O–H groups in total. The van der Waals surface area contributed by atoms with Crippen molar-refractivity contribution in [3.05, 3.63) is 27.8 Å². The van der Waals surface area contributed by atoms with Crippen molar-refractivity contribution in [3.8, 4) is 5.75 Å². The number of rotatable bonds is 4. The molecule has 0 aromatic heterocycles. The summed E-state index contributed by atoms with van der Waals surface area (Å²) in [6.07, 6.45) is 0.586.